The van der Waals surface area contributed by atoms with Crippen molar-refractivity contribution in [1.29, 1.82) is 0 Å². The van der Waals surface area contributed by atoms with Gasteiger partial charge in [0, 0.05) is 28.3 Å². The summed E-state index contributed by atoms with van der Waals surface area (Å²) >= 11 is 0. The van der Waals surface area contributed by atoms with Crippen molar-refractivity contribution in [3.05, 3.63) is 83.9 Å². The quantitative estimate of drug-likeness (QED) is 0.393. The van der Waals surface area contributed by atoms with Crippen LogP contribution in [0.15, 0.2) is 72.8 Å². The number of anilines is 1. The number of hydrogen-bond acceptors (Lipinski definition) is 6. The van der Waals surface area contributed by atoms with Gasteiger partial charge in [0.05, 0.1) is 25.4 Å². The summed E-state index contributed by atoms with van der Waals surface area (Å²) in [7, 11) is 2.91. The molecule has 0 spiro atoms. The summed E-state index contributed by atoms with van der Waals surface area (Å²) in [5.74, 6) is 0.478. The zero-order chi connectivity index (χ0) is 24.1. The number of ether oxygens (including phenoxy) is 3. The third-order valence-corrected chi connectivity index (χ3v) is 5.38. The molecule has 1 aromatic heterocycles. The molecule has 0 bridgehead atoms. The maximum absolute atomic E-state index is 12.8. The average Bonchev–Trinajstić information content (AvgIpc) is 2.87. The van der Waals surface area contributed by atoms with Gasteiger partial charge in [-0.05, 0) is 61.0 Å². The Morgan fingerprint density at radius 2 is 1.71 bits per heavy atom. The normalized spacial score (nSPS) is 10.6. The van der Waals surface area contributed by atoms with Gasteiger partial charge < -0.3 is 19.5 Å². The minimum absolute atomic E-state index is 0.211. The number of aryl methyl sites for hydroxylation is 1. The number of rotatable bonds is 7. The van der Waals surface area contributed by atoms with Crippen LogP contribution in [0.3, 0.4) is 0 Å². The second-order valence-electron chi connectivity index (χ2n) is 7.60. The first kappa shape index (κ1) is 22.8. The Labute approximate surface area is 197 Å². The van der Waals surface area contributed by atoms with E-state index >= 15 is 0 Å². The molecule has 0 atom stereocenters. The Hall–Kier alpha value is -4.39. The summed E-state index contributed by atoms with van der Waals surface area (Å²) in [5, 5.41) is 3.58. The number of fused-ring (bicyclic) bond motifs is 1. The van der Waals surface area contributed by atoms with Crippen LogP contribution in [0.2, 0.25) is 0 Å². The van der Waals surface area contributed by atoms with Crippen molar-refractivity contribution in [3.63, 3.8) is 0 Å². The van der Waals surface area contributed by atoms with E-state index < -0.39 is 5.97 Å². The van der Waals surface area contributed by atoms with Crippen molar-refractivity contribution in [3.8, 4) is 22.8 Å². The van der Waals surface area contributed by atoms with Gasteiger partial charge in [-0.25, -0.2) is 9.78 Å². The predicted molar refractivity (Wildman–Crippen MR) is 130 cm³/mol. The molecule has 4 aromatic rings. The number of nitrogens with zero attached hydrogens (tertiary/aromatic N) is 1. The van der Waals surface area contributed by atoms with Gasteiger partial charge in [0.1, 0.15) is 11.5 Å². The first-order valence-corrected chi connectivity index (χ1v) is 10.6. The van der Waals surface area contributed by atoms with Crippen LogP contribution in [0.25, 0.3) is 22.2 Å². The molecule has 0 aliphatic rings. The highest BCUT2D eigenvalue weighted by atomic mass is 16.6. The number of carbonyl (C=O) groups is 2. The van der Waals surface area contributed by atoms with Crippen LogP contribution in [0.1, 0.15) is 15.9 Å². The van der Waals surface area contributed by atoms with Crippen LogP contribution in [0, 0.1) is 6.92 Å². The first-order chi connectivity index (χ1) is 16.5. The number of nitrogens with one attached hydrogen (secondary N) is 1. The fraction of sp³-hybridized carbons (Fsp3) is 0.148. The number of amides is 1. The van der Waals surface area contributed by atoms with Crippen molar-refractivity contribution in [2.75, 3.05) is 26.1 Å². The molecule has 4 rings (SSSR count). The largest absolute Gasteiger partial charge is 0.497 e. The second-order valence-corrected chi connectivity index (χ2v) is 7.60. The van der Waals surface area contributed by atoms with Crippen molar-refractivity contribution in [1.82, 2.24) is 4.98 Å². The van der Waals surface area contributed by atoms with Gasteiger partial charge in [-0.3, -0.25) is 4.79 Å². The molecule has 1 heterocycles. The molecule has 1 amide bonds. The fourth-order valence-corrected chi connectivity index (χ4v) is 3.52. The lowest BCUT2D eigenvalue weighted by Gasteiger charge is -2.13. The summed E-state index contributed by atoms with van der Waals surface area (Å²) in [6, 6.07) is 22.0. The molecule has 172 valence electrons. The summed E-state index contributed by atoms with van der Waals surface area (Å²) in [6.45, 7) is 1.64. The SMILES string of the molecule is COC(=O)COc1cc(-c2ccc(OC)cc2)nc2ccc(NC(=O)c3ccccc3C)cc12. The van der Waals surface area contributed by atoms with E-state index in [1.807, 2.05) is 49.4 Å². The average molecular weight is 456 g/mol. The van der Waals surface area contributed by atoms with Crippen molar-refractivity contribution in [2.45, 2.75) is 6.92 Å². The smallest absolute Gasteiger partial charge is 0.343 e. The highest BCUT2D eigenvalue weighted by Crippen LogP contribution is 2.33. The fourth-order valence-electron chi connectivity index (χ4n) is 3.52. The topological polar surface area (TPSA) is 86.8 Å². The number of methoxy groups -OCH3 is 2. The number of benzene rings is 3. The van der Waals surface area contributed by atoms with Crippen LogP contribution in [0.5, 0.6) is 11.5 Å². The molecule has 0 saturated heterocycles. The highest BCUT2D eigenvalue weighted by molar-refractivity contribution is 6.06. The molecule has 0 radical (unpaired) electrons. The van der Waals surface area contributed by atoms with Crippen molar-refractivity contribution in [2.24, 2.45) is 0 Å². The van der Waals surface area contributed by atoms with Gasteiger partial charge in [0.2, 0.25) is 0 Å². The van der Waals surface area contributed by atoms with Crippen LogP contribution in [-0.4, -0.2) is 37.7 Å². The molecule has 7 heteroatoms. The van der Waals surface area contributed by atoms with Crippen LogP contribution < -0.4 is 14.8 Å². The molecule has 0 fully saturated rings. The van der Waals surface area contributed by atoms with E-state index in [-0.39, 0.29) is 12.5 Å². The van der Waals surface area contributed by atoms with E-state index in [9.17, 15) is 9.59 Å². The first-order valence-electron chi connectivity index (χ1n) is 10.6. The Bertz CT molecular complexity index is 1350. The van der Waals surface area contributed by atoms with Gasteiger partial charge in [0.25, 0.3) is 5.91 Å². The lowest BCUT2D eigenvalue weighted by Crippen LogP contribution is -2.14. The molecule has 0 aliphatic carbocycles. The van der Waals surface area contributed by atoms with Gasteiger partial charge in [0.15, 0.2) is 6.61 Å². The molecular formula is C27H24N2O5. The standard InChI is InChI=1S/C27H24N2O5/c1-17-6-4-5-7-21(17)27(31)28-19-10-13-23-22(14-19)25(34-16-26(30)33-3)15-24(29-23)18-8-11-20(32-2)12-9-18/h4-15H,16H2,1-3H3,(H,28,31). The van der Waals surface area contributed by atoms with E-state index in [4.69, 9.17) is 19.2 Å². The van der Waals surface area contributed by atoms with E-state index in [1.54, 1.807) is 37.4 Å². The summed E-state index contributed by atoms with van der Waals surface area (Å²) < 4.78 is 15.7. The maximum atomic E-state index is 12.8. The van der Waals surface area contributed by atoms with Crippen LogP contribution >= 0.6 is 0 Å². The highest BCUT2D eigenvalue weighted by Gasteiger charge is 2.14. The number of aromatic nitrogens is 1. The lowest BCUT2D eigenvalue weighted by atomic mass is 10.1. The van der Waals surface area contributed by atoms with Crippen molar-refractivity contribution < 1.29 is 23.8 Å². The monoisotopic (exact) mass is 456 g/mol. The Balaban J connectivity index is 1.72. The molecule has 3 aromatic carbocycles. The van der Waals surface area contributed by atoms with Crippen molar-refractivity contribution >= 4 is 28.5 Å². The van der Waals surface area contributed by atoms with E-state index in [2.05, 4.69) is 5.32 Å². The van der Waals surface area contributed by atoms with Gasteiger partial charge >= 0.3 is 5.97 Å². The molecule has 0 saturated carbocycles. The number of hydrogen-bond donors (Lipinski definition) is 1. The van der Waals surface area contributed by atoms with Gasteiger partial charge in [-0.15, -0.1) is 0 Å². The minimum atomic E-state index is -0.500. The predicted octanol–water partition coefficient (Wildman–Crippen LogP) is 5.02. The number of pyridine rings is 1. The number of esters is 1. The third kappa shape index (κ3) is 4.99. The third-order valence-electron chi connectivity index (χ3n) is 5.38. The van der Waals surface area contributed by atoms with E-state index in [0.29, 0.717) is 33.6 Å². The van der Waals surface area contributed by atoms with E-state index in [0.717, 1.165) is 16.9 Å². The molecule has 1 N–H and O–H groups in total. The minimum Gasteiger partial charge on any atom is -0.497 e. The summed E-state index contributed by atoms with van der Waals surface area (Å²) in [6.07, 6.45) is 0. The Morgan fingerprint density at radius 1 is 0.941 bits per heavy atom. The van der Waals surface area contributed by atoms with Gasteiger partial charge in [-0.1, -0.05) is 18.2 Å². The van der Waals surface area contributed by atoms with Crippen LogP contribution in [0.4, 0.5) is 5.69 Å². The molecule has 0 aliphatic heterocycles. The maximum Gasteiger partial charge on any atom is 0.343 e. The molecular weight excluding hydrogens is 432 g/mol. The lowest BCUT2D eigenvalue weighted by molar-refractivity contribution is -0.142. The molecule has 7 nitrogen and oxygen atoms in total. The summed E-state index contributed by atoms with van der Waals surface area (Å²) in [4.78, 5) is 29.2. The molecule has 34 heavy (non-hydrogen) atoms. The number of carbonyl (C=O) groups excluding carboxylic acids is 2. The summed E-state index contributed by atoms with van der Waals surface area (Å²) in [5.41, 5.74) is 4.26. The molecule has 0 unspecified atom stereocenters. The zero-order valence-electron chi connectivity index (χ0n) is 19.1. The Kier molecular flexibility index (Phi) is 6.73. The second kappa shape index (κ2) is 10.0. The zero-order valence-corrected chi connectivity index (χ0v) is 19.1. The van der Waals surface area contributed by atoms with E-state index in [1.165, 1.54) is 7.11 Å². The van der Waals surface area contributed by atoms with Crippen LogP contribution in [-0.2, 0) is 9.53 Å². The van der Waals surface area contributed by atoms with Gasteiger partial charge in [-0.2, -0.15) is 0 Å². The Morgan fingerprint density at radius 3 is 2.41 bits per heavy atom.